The predicted octanol–water partition coefficient (Wildman–Crippen LogP) is 1.06. The lowest BCUT2D eigenvalue weighted by molar-refractivity contribution is 0.264. The monoisotopic (exact) mass is 280 g/mol. The molecule has 0 radical (unpaired) electrons. The Balaban J connectivity index is 2.09. The Morgan fingerprint density at radius 1 is 1.50 bits per heavy atom. The van der Waals surface area contributed by atoms with Gasteiger partial charge in [-0.05, 0) is 44.3 Å². The Kier molecular flexibility index (Phi) is 4.57. The van der Waals surface area contributed by atoms with Crippen LogP contribution in [0, 0.1) is 5.82 Å². The first-order valence-electron chi connectivity index (χ1n) is 6.65. The third-order valence-corrected chi connectivity index (χ3v) is 3.75. The van der Waals surface area contributed by atoms with Crippen molar-refractivity contribution in [1.82, 2.24) is 9.80 Å². The van der Waals surface area contributed by atoms with Gasteiger partial charge in [-0.2, -0.15) is 0 Å². The number of nitrogens with two attached hydrogens (primary N) is 1. The van der Waals surface area contributed by atoms with Crippen LogP contribution in [-0.2, 0) is 6.54 Å². The van der Waals surface area contributed by atoms with Crippen molar-refractivity contribution in [3.63, 3.8) is 0 Å². The van der Waals surface area contributed by atoms with Gasteiger partial charge in [0.15, 0.2) is 5.84 Å². The molecule has 110 valence electrons. The second-order valence-corrected chi connectivity index (χ2v) is 5.47. The topological polar surface area (TPSA) is 65.1 Å². The van der Waals surface area contributed by atoms with Gasteiger partial charge < -0.3 is 15.8 Å². The van der Waals surface area contributed by atoms with Gasteiger partial charge in [-0.25, -0.2) is 4.39 Å². The van der Waals surface area contributed by atoms with Crippen molar-refractivity contribution in [2.24, 2.45) is 10.9 Å². The fraction of sp³-hybridized carbons (Fsp3) is 0.500. The Morgan fingerprint density at radius 3 is 2.85 bits per heavy atom. The van der Waals surface area contributed by atoms with E-state index in [1.165, 1.54) is 12.1 Å². The number of rotatable bonds is 4. The van der Waals surface area contributed by atoms with Crippen LogP contribution < -0.4 is 5.73 Å². The normalized spacial score (nSPS) is 20.8. The highest BCUT2D eigenvalue weighted by atomic mass is 19.1. The van der Waals surface area contributed by atoms with E-state index in [0.29, 0.717) is 18.2 Å². The predicted molar refractivity (Wildman–Crippen MR) is 76.3 cm³/mol. The molecule has 0 aromatic heterocycles. The number of nitrogens with zero attached hydrogens (tertiary/aromatic N) is 3. The molecule has 1 aliphatic heterocycles. The molecule has 20 heavy (non-hydrogen) atoms. The number of hydrogen-bond acceptors (Lipinski definition) is 4. The van der Waals surface area contributed by atoms with E-state index < -0.39 is 0 Å². The molecular weight excluding hydrogens is 259 g/mol. The number of amidine groups is 1. The number of likely N-dealkylation sites (tertiary alicyclic amines) is 1. The quantitative estimate of drug-likeness (QED) is 0.374. The summed E-state index contributed by atoms with van der Waals surface area (Å²) < 4.78 is 13.6. The van der Waals surface area contributed by atoms with Crippen LogP contribution in [0.15, 0.2) is 23.4 Å². The van der Waals surface area contributed by atoms with Crippen LogP contribution in [0.1, 0.15) is 17.5 Å². The van der Waals surface area contributed by atoms with Crippen LogP contribution in [-0.4, -0.2) is 54.1 Å². The maximum atomic E-state index is 13.6. The molecule has 6 heteroatoms. The molecule has 1 fully saturated rings. The summed E-state index contributed by atoms with van der Waals surface area (Å²) >= 11 is 0. The van der Waals surface area contributed by atoms with Crippen molar-refractivity contribution in [1.29, 1.82) is 0 Å². The first-order chi connectivity index (χ1) is 9.49. The summed E-state index contributed by atoms with van der Waals surface area (Å²) in [6, 6.07) is 5.08. The van der Waals surface area contributed by atoms with E-state index in [2.05, 4.69) is 29.1 Å². The lowest BCUT2D eigenvalue weighted by Crippen LogP contribution is -2.31. The zero-order valence-electron chi connectivity index (χ0n) is 11.9. The number of likely N-dealkylation sites (N-methyl/N-ethyl adjacent to an activating group) is 1. The van der Waals surface area contributed by atoms with Crippen molar-refractivity contribution >= 4 is 5.84 Å². The van der Waals surface area contributed by atoms with Crippen LogP contribution in [0.4, 0.5) is 4.39 Å². The summed E-state index contributed by atoms with van der Waals surface area (Å²) in [4.78, 5) is 4.50. The molecule has 0 spiro atoms. The van der Waals surface area contributed by atoms with Gasteiger partial charge in [-0.15, -0.1) is 0 Å². The average molecular weight is 280 g/mol. The van der Waals surface area contributed by atoms with Gasteiger partial charge in [0.25, 0.3) is 0 Å². The molecule has 1 aliphatic rings. The largest absolute Gasteiger partial charge is 0.409 e. The minimum atomic E-state index is -0.368. The van der Waals surface area contributed by atoms with E-state index in [0.717, 1.165) is 25.1 Å². The molecule has 0 bridgehead atoms. The van der Waals surface area contributed by atoms with Crippen LogP contribution >= 0.6 is 0 Å². The van der Waals surface area contributed by atoms with Gasteiger partial charge in [0.05, 0.1) is 0 Å². The molecule has 3 N–H and O–H groups in total. The Labute approximate surface area is 118 Å². The third-order valence-electron chi connectivity index (χ3n) is 3.75. The molecule has 1 saturated heterocycles. The summed E-state index contributed by atoms with van der Waals surface area (Å²) in [7, 11) is 4.15. The van der Waals surface area contributed by atoms with Crippen molar-refractivity contribution < 1.29 is 9.60 Å². The molecule has 2 rings (SSSR count). The molecule has 1 heterocycles. The van der Waals surface area contributed by atoms with E-state index in [9.17, 15) is 4.39 Å². The van der Waals surface area contributed by atoms with Crippen molar-refractivity contribution in [3.8, 4) is 0 Å². The van der Waals surface area contributed by atoms with E-state index in [4.69, 9.17) is 10.9 Å². The van der Waals surface area contributed by atoms with Crippen LogP contribution in [0.2, 0.25) is 0 Å². The maximum Gasteiger partial charge on any atom is 0.170 e. The molecule has 5 nitrogen and oxygen atoms in total. The van der Waals surface area contributed by atoms with E-state index in [1.807, 2.05) is 0 Å². The first kappa shape index (κ1) is 14.7. The van der Waals surface area contributed by atoms with Gasteiger partial charge in [-0.3, -0.25) is 4.90 Å². The Bertz CT molecular complexity index is 504. The second-order valence-electron chi connectivity index (χ2n) is 5.47. The second kappa shape index (κ2) is 6.19. The average Bonchev–Trinajstić information content (AvgIpc) is 2.85. The summed E-state index contributed by atoms with van der Waals surface area (Å²) in [5.74, 6) is -0.439. The van der Waals surface area contributed by atoms with E-state index in [-0.39, 0.29) is 11.7 Å². The van der Waals surface area contributed by atoms with Crippen LogP contribution in [0.3, 0.4) is 0 Å². The number of hydrogen-bond donors (Lipinski definition) is 2. The molecule has 1 aromatic carbocycles. The standard InChI is InChI=1S/C14H21FN4O/c1-18(2)13-3-4-19(9-13)8-10-5-11(14(16)17-20)7-12(15)6-10/h5-7,13,20H,3-4,8-9H2,1-2H3,(H2,16,17). The number of halogens is 1. The van der Waals surface area contributed by atoms with Crippen LogP contribution in [0.5, 0.6) is 0 Å². The third kappa shape index (κ3) is 3.46. The highest BCUT2D eigenvalue weighted by Gasteiger charge is 2.23. The Hall–Kier alpha value is -1.66. The first-order valence-corrected chi connectivity index (χ1v) is 6.65. The van der Waals surface area contributed by atoms with E-state index >= 15 is 0 Å². The van der Waals surface area contributed by atoms with Gasteiger partial charge in [0.2, 0.25) is 0 Å². The number of oxime groups is 1. The van der Waals surface area contributed by atoms with Crippen LogP contribution in [0.25, 0.3) is 0 Å². The molecule has 0 aliphatic carbocycles. The zero-order chi connectivity index (χ0) is 14.7. The lowest BCUT2D eigenvalue weighted by Gasteiger charge is -2.20. The summed E-state index contributed by atoms with van der Waals surface area (Å²) in [6.45, 7) is 2.65. The van der Waals surface area contributed by atoms with Gasteiger partial charge in [0, 0.05) is 31.2 Å². The van der Waals surface area contributed by atoms with Gasteiger partial charge >= 0.3 is 0 Å². The van der Waals surface area contributed by atoms with Crippen molar-refractivity contribution in [2.75, 3.05) is 27.2 Å². The molecule has 1 atom stereocenters. The zero-order valence-corrected chi connectivity index (χ0v) is 11.9. The van der Waals surface area contributed by atoms with Gasteiger partial charge in [-0.1, -0.05) is 5.16 Å². The molecule has 1 unspecified atom stereocenters. The Morgan fingerprint density at radius 2 is 2.25 bits per heavy atom. The molecule has 1 aromatic rings. The van der Waals surface area contributed by atoms with Gasteiger partial charge in [0.1, 0.15) is 5.82 Å². The maximum absolute atomic E-state index is 13.6. The minimum Gasteiger partial charge on any atom is -0.409 e. The fourth-order valence-corrected chi connectivity index (χ4v) is 2.58. The molecule has 0 saturated carbocycles. The van der Waals surface area contributed by atoms with Crippen molar-refractivity contribution in [3.05, 3.63) is 35.1 Å². The summed E-state index contributed by atoms with van der Waals surface area (Å²) in [5, 5.41) is 11.6. The fourth-order valence-electron chi connectivity index (χ4n) is 2.58. The molecule has 0 amide bonds. The summed E-state index contributed by atoms with van der Waals surface area (Å²) in [5.41, 5.74) is 6.76. The SMILES string of the molecule is CN(C)C1CCN(Cc2cc(F)cc(/C(N)=N/O)c2)C1. The highest BCUT2D eigenvalue weighted by molar-refractivity contribution is 5.97. The number of benzene rings is 1. The molecular formula is C14H21FN4O. The van der Waals surface area contributed by atoms with E-state index in [1.54, 1.807) is 6.07 Å². The minimum absolute atomic E-state index is 0.0710. The smallest absolute Gasteiger partial charge is 0.170 e. The lowest BCUT2D eigenvalue weighted by atomic mass is 10.1. The van der Waals surface area contributed by atoms with Crippen molar-refractivity contribution in [2.45, 2.75) is 19.0 Å². The highest BCUT2D eigenvalue weighted by Crippen LogP contribution is 2.18. The summed E-state index contributed by atoms with van der Waals surface area (Å²) in [6.07, 6.45) is 1.12.